The number of ether oxygens (including phenoxy) is 1. The lowest BCUT2D eigenvalue weighted by atomic mass is 10.0. The van der Waals surface area contributed by atoms with Crippen molar-refractivity contribution in [2.45, 2.75) is 38.7 Å². The van der Waals surface area contributed by atoms with Gasteiger partial charge in [-0.05, 0) is 49.8 Å². The molecular formula is C17H20O5S. The Kier molecular flexibility index (Phi) is 4.27. The topological polar surface area (TPSA) is 77.5 Å². The van der Waals surface area contributed by atoms with Crippen LogP contribution in [0.15, 0.2) is 18.2 Å². The molecule has 0 N–H and O–H groups in total. The number of esters is 1. The first-order valence-electron chi connectivity index (χ1n) is 7.93. The molecule has 0 bridgehead atoms. The van der Waals surface area contributed by atoms with Crippen molar-refractivity contribution >= 4 is 21.6 Å². The molecule has 1 aromatic carbocycles. The van der Waals surface area contributed by atoms with E-state index in [1.165, 1.54) is 18.1 Å². The van der Waals surface area contributed by atoms with Crippen LogP contribution < -0.4 is 0 Å². The van der Waals surface area contributed by atoms with Gasteiger partial charge in [-0.3, -0.25) is 9.59 Å². The molecule has 1 saturated heterocycles. The number of ketones is 1. The third kappa shape index (κ3) is 3.47. The van der Waals surface area contributed by atoms with Crippen LogP contribution in [-0.2, 0) is 32.2 Å². The highest BCUT2D eigenvalue weighted by Crippen LogP contribution is 2.24. The number of carbonyl (C=O) groups excluding carboxylic acids is 2. The molecule has 0 radical (unpaired) electrons. The lowest BCUT2D eigenvalue weighted by Crippen LogP contribution is -2.29. The summed E-state index contributed by atoms with van der Waals surface area (Å²) in [5.41, 5.74) is 3.02. The zero-order valence-electron chi connectivity index (χ0n) is 13.1. The number of hydrogen-bond acceptors (Lipinski definition) is 5. The van der Waals surface area contributed by atoms with Gasteiger partial charge < -0.3 is 4.74 Å². The lowest BCUT2D eigenvalue weighted by molar-refractivity contribution is -0.150. The number of hydrogen-bond donors (Lipinski definition) is 0. The van der Waals surface area contributed by atoms with Gasteiger partial charge in [0.05, 0.1) is 17.4 Å². The average molecular weight is 336 g/mol. The number of aryl methyl sites for hydroxylation is 2. The van der Waals surface area contributed by atoms with Crippen molar-refractivity contribution in [2.75, 3.05) is 11.5 Å². The highest BCUT2D eigenvalue weighted by Gasteiger charge is 2.35. The summed E-state index contributed by atoms with van der Waals surface area (Å²) < 4.78 is 28.1. The highest BCUT2D eigenvalue weighted by atomic mass is 32.2. The summed E-state index contributed by atoms with van der Waals surface area (Å²) in [6.07, 6.45) is 2.51. The maximum absolute atomic E-state index is 12.4. The Morgan fingerprint density at radius 1 is 1.22 bits per heavy atom. The number of rotatable bonds is 4. The molecule has 3 rings (SSSR count). The molecule has 1 aliphatic carbocycles. The van der Waals surface area contributed by atoms with Gasteiger partial charge in [-0.25, -0.2) is 8.42 Å². The van der Waals surface area contributed by atoms with Crippen molar-refractivity contribution in [3.63, 3.8) is 0 Å². The molecule has 1 fully saturated rings. The van der Waals surface area contributed by atoms with Gasteiger partial charge in [-0.2, -0.15) is 0 Å². The minimum Gasteiger partial charge on any atom is -0.454 e. The summed E-state index contributed by atoms with van der Waals surface area (Å²) in [5.74, 6) is -1.64. The van der Waals surface area contributed by atoms with Crippen LogP contribution in [0.3, 0.4) is 0 Å². The van der Waals surface area contributed by atoms with Gasteiger partial charge in [-0.1, -0.05) is 12.1 Å². The number of carbonyl (C=O) groups is 2. The maximum atomic E-state index is 12.4. The summed E-state index contributed by atoms with van der Waals surface area (Å²) in [7, 11) is -3.14. The Labute approximate surface area is 135 Å². The van der Waals surface area contributed by atoms with Crippen molar-refractivity contribution in [1.29, 1.82) is 0 Å². The van der Waals surface area contributed by atoms with Crippen LogP contribution in [0.4, 0.5) is 0 Å². The zero-order chi connectivity index (χ0) is 16.6. The molecule has 1 aliphatic heterocycles. The molecule has 23 heavy (non-hydrogen) atoms. The van der Waals surface area contributed by atoms with Gasteiger partial charge in [-0.15, -0.1) is 0 Å². The van der Waals surface area contributed by atoms with Crippen LogP contribution in [0, 0.1) is 5.92 Å². The van der Waals surface area contributed by atoms with Crippen molar-refractivity contribution < 1.29 is 22.7 Å². The second-order valence-corrected chi connectivity index (χ2v) is 8.61. The van der Waals surface area contributed by atoms with Crippen molar-refractivity contribution in [3.05, 3.63) is 34.9 Å². The molecule has 0 unspecified atom stereocenters. The second kappa shape index (κ2) is 6.07. The largest absolute Gasteiger partial charge is 0.454 e. The normalized spacial score (nSPS) is 23.3. The number of sulfone groups is 1. The van der Waals surface area contributed by atoms with E-state index in [-0.39, 0.29) is 23.7 Å². The molecule has 2 aliphatic rings. The van der Waals surface area contributed by atoms with E-state index in [9.17, 15) is 18.0 Å². The summed E-state index contributed by atoms with van der Waals surface area (Å²) >= 11 is 0. The minimum atomic E-state index is -3.14. The molecule has 0 amide bonds. The second-order valence-electron chi connectivity index (χ2n) is 6.38. The Morgan fingerprint density at radius 3 is 2.65 bits per heavy atom. The van der Waals surface area contributed by atoms with Crippen molar-refractivity contribution in [3.8, 4) is 0 Å². The Bertz CT molecular complexity index is 750. The van der Waals surface area contributed by atoms with Crippen LogP contribution in [0.2, 0.25) is 0 Å². The van der Waals surface area contributed by atoms with E-state index in [1.807, 2.05) is 12.1 Å². The average Bonchev–Trinajstić information content (AvgIpc) is 3.11. The van der Waals surface area contributed by atoms with E-state index in [2.05, 4.69) is 0 Å². The molecule has 1 heterocycles. The first-order valence-corrected chi connectivity index (χ1v) is 9.75. The van der Waals surface area contributed by atoms with Gasteiger partial charge in [0.1, 0.15) is 0 Å². The first-order chi connectivity index (χ1) is 10.9. The summed E-state index contributed by atoms with van der Waals surface area (Å²) in [5, 5.41) is 0. The van der Waals surface area contributed by atoms with Gasteiger partial charge in [0.2, 0.25) is 5.78 Å². The van der Waals surface area contributed by atoms with Gasteiger partial charge in [0.25, 0.3) is 0 Å². The van der Waals surface area contributed by atoms with Crippen LogP contribution in [0.1, 0.15) is 41.3 Å². The molecule has 1 aromatic rings. The fourth-order valence-electron chi connectivity index (χ4n) is 3.26. The van der Waals surface area contributed by atoms with Crippen LogP contribution in [0.5, 0.6) is 0 Å². The number of fused-ring (bicyclic) bond motifs is 1. The molecule has 124 valence electrons. The Hall–Kier alpha value is -1.69. The fourth-order valence-corrected chi connectivity index (χ4v) is 4.99. The standard InChI is InChI=1S/C17H20O5S/c1-11(22-17(19)15-7-8-23(20,21)10-15)16(18)14-6-5-12-3-2-4-13(12)9-14/h5-6,9,11,15H,2-4,7-8,10H2,1H3/t11-,15-/m1/s1. The van der Waals surface area contributed by atoms with E-state index in [0.717, 1.165) is 19.3 Å². The molecule has 0 spiro atoms. The van der Waals surface area contributed by atoms with Crippen molar-refractivity contribution in [2.24, 2.45) is 5.92 Å². The maximum Gasteiger partial charge on any atom is 0.310 e. The summed E-state index contributed by atoms with van der Waals surface area (Å²) in [6.45, 7) is 1.54. The van der Waals surface area contributed by atoms with E-state index < -0.39 is 27.8 Å². The fraction of sp³-hybridized carbons (Fsp3) is 0.529. The van der Waals surface area contributed by atoms with Crippen molar-refractivity contribution in [1.82, 2.24) is 0 Å². The predicted octanol–water partition coefficient (Wildman–Crippen LogP) is 1.72. The lowest BCUT2D eigenvalue weighted by Gasteiger charge is -2.15. The van der Waals surface area contributed by atoms with Crippen LogP contribution in [0.25, 0.3) is 0 Å². The number of benzene rings is 1. The van der Waals surface area contributed by atoms with Gasteiger partial charge in [0, 0.05) is 5.56 Å². The third-order valence-electron chi connectivity index (χ3n) is 4.61. The Morgan fingerprint density at radius 2 is 1.96 bits per heavy atom. The van der Waals surface area contributed by atoms with E-state index in [4.69, 9.17) is 4.74 Å². The molecule has 2 atom stereocenters. The first kappa shape index (κ1) is 16.2. The van der Waals surface area contributed by atoms with Gasteiger partial charge >= 0.3 is 5.97 Å². The molecule has 0 saturated carbocycles. The Balaban J connectivity index is 1.65. The molecule has 5 nitrogen and oxygen atoms in total. The molecule has 6 heteroatoms. The molecule has 0 aromatic heterocycles. The van der Waals surface area contributed by atoms with Crippen LogP contribution in [-0.4, -0.2) is 37.8 Å². The highest BCUT2D eigenvalue weighted by molar-refractivity contribution is 7.91. The summed E-state index contributed by atoms with van der Waals surface area (Å²) in [6, 6.07) is 5.62. The third-order valence-corrected chi connectivity index (χ3v) is 6.38. The zero-order valence-corrected chi connectivity index (χ0v) is 13.9. The minimum absolute atomic E-state index is 0.0138. The summed E-state index contributed by atoms with van der Waals surface area (Å²) in [4.78, 5) is 24.5. The number of Topliss-reactive ketones (excluding diaryl/α,β-unsaturated/α-hetero) is 1. The SMILES string of the molecule is C[C@@H](OC(=O)[C@@H]1CCS(=O)(=O)C1)C(=O)c1ccc2c(c1)CCC2. The van der Waals surface area contributed by atoms with Crippen LogP contribution >= 0.6 is 0 Å². The monoisotopic (exact) mass is 336 g/mol. The van der Waals surface area contributed by atoms with Gasteiger partial charge in [0.15, 0.2) is 15.9 Å². The quantitative estimate of drug-likeness (QED) is 0.618. The van der Waals surface area contributed by atoms with E-state index >= 15 is 0 Å². The van der Waals surface area contributed by atoms with E-state index in [1.54, 1.807) is 6.07 Å². The molecular weight excluding hydrogens is 316 g/mol. The smallest absolute Gasteiger partial charge is 0.310 e. The van der Waals surface area contributed by atoms with E-state index in [0.29, 0.717) is 5.56 Å². The predicted molar refractivity (Wildman–Crippen MR) is 85.1 cm³/mol.